The van der Waals surface area contributed by atoms with Crippen LogP contribution >= 0.6 is 39.3 Å². The summed E-state index contributed by atoms with van der Waals surface area (Å²) in [5, 5.41) is 0.681. The van der Waals surface area contributed by atoms with Gasteiger partial charge in [0.2, 0.25) is 0 Å². The van der Waals surface area contributed by atoms with Crippen LogP contribution in [0.25, 0.3) is 0 Å². The molecule has 0 radical (unpaired) electrons. The van der Waals surface area contributed by atoms with Crippen LogP contribution in [0.4, 0.5) is 5.69 Å². The summed E-state index contributed by atoms with van der Waals surface area (Å²) in [5.41, 5.74) is 6.60. The van der Waals surface area contributed by atoms with Crippen molar-refractivity contribution < 1.29 is 0 Å². The predicted octanol–water partition coefficient (Wildman–Crippen LogP) is 4.84. The number of anilines is 1. The molecule has 0 amide bonds. The molecule has 82 valence electrons. The molecule has 0 saturated carbocycles. The standard InChI is InChI=1S/C12H9BrClNS/c13-8-4-1-2-7-11(8)16-12-9(14)5-3-6-10(12)15/h1-7H,15H2. The molecule has 2 aromatic carbocycles. The van der Waals surface area contributed by atoms with E-state index in [1.54, 1.807) is 11.8 Å². The van der Waals surface area contributed by atoms with Gasteiger partial charge in [0.15, 0.2) is 0 Å². The molecule has 0 saturated heterocycles. The van der Waals surface area contributed by atoms with E-state index in [1.807, 2.05) is 42.5 Å². The summed E-state index contributed by atoms with van der Waals surface area (Å²) in [7, 11) is 0. The zero-order chi connectivity index (χ0) is 11.5. The quantitative estimate of drug-likeness (QED) is 0.803. The molecule has 2 aromatic rings. The maximum absolute atomic E-state index is 6.12. The Morgan fingerprint density at radius 3 is 2.50 bits per heavy atom. The molecule has 0 heterocycles. The lowest BCUT2D eigenvalue weighted by Gasteiger charge is -2.08. The fourth-order valence-corrected chi connectivity index (χ4v) is 2.98. The van der Waals surface area contributed by atoms with Gasteiger partial charge in [-0.15, -0.1) is 0 Å². The average Bonchev–Trinajstić information content (AvgIpc) is 2.26. The van der Waals surface area contributed by atoms with Crippen molar-refractivity contribution in [3.8, 4) is 0 Å². The van der Waals surface area contributed by atoms with Crippen molar-refractivity contribution in [1.29, 1.82) is 0 Å². The van der Waals surface area contributed by atoms with E-state index in [-0.39, 0.29) is 0 Å². The first-order valence-electron chi connectivity index (χ1n) is 4.65. The van der Waals surface area contributed by atoms with Crippen molar-refractivity contribution >= 4 is 45.0 Å². The lowest BCUT2D eigenvalue weighted by molar-refractivity contribution is 1.37. The van der Waals surface area contributed by atoms with Crippen LogP contribution < -0.4 is 5.73 Å². The summed E-state index contributed by atoms with van der Waals surface area (Å²) in [4.78, 5) is 2.00. The van der Waals surface area contributed by atoms with Gasteiger partial charge in [-0.2, -0.15) is 0 Å². The number of nitrogens with two attached hydrogens (primary N) is 1. The van der Waals surface area contributed by atoms with E-state index < -0.39 is 0 Å². The van der Waals surface area contributed by atoms with E-state index in [0.717, 1.165) is 14.3 Å². The maximum atomic E-state index is 6.12. The second-order valence-electron chi connectivity index (χ2n) is 3.19. The van der Waals surface area contributed by atoms with Gasteiger partial charge in [0.25, 0.3) is 0 Å². The molecule has 2 N–H and O–H groups in total. The Labute approximate surface area is 112 Å². The second kappa shape index (κ2) is 5.13. The van der Waals surface area contributed by atoms with Crippen LogP contribution in [-0.4, -0.2) is 0 Å². The first kappa shape index (κ1) is 11.8. The van der Waals surface area contributed by atoms with Gasteiger partial charge in [-0.25, -0.2) is 0 Å². The molecule has 0 fully saturated rings. The third kappa shape index (κ3) is 2.54. The van der Waals surface area contributed by atoms with E-state index >= 15 is 0 Å². The number of rotatable bonds is 2. The minimum Gasteiger partial charge on any atom is -0.398 e. The molecule has 16 heavy (non-hydrogen) atoms. The Balaban J connectivity index is 2.38. The van der Waals surface area contributed by atoms with Gasteiger partial charge in [-0.05, 0) is 40.2 Å². The third-order valence-corrected chi connectivity index (χ3v) is 4.66. The summed E-state index contributed by atoms with van der Waals surface area (Å²) in [6.45, 7) is 0. The predicted molar refractivity (Wildman–Crippen MR) is 74.1 cm³/mol. The molecule has 0 aliphatic carbocycles. The van der Waals surface area contributed by atoms with Gasteiger partial charge in [0, 0.05) is 15.1 Å². The molecule has 0 unspecified atom stereocenters. The molecule has 0 bridgehead atoms. The summed E-state index contributed by atoms with van der Waals surface area (Å²) < 4.78 is 1.04. The number of nitrogen functional groups attached to an aromatic ring is 1. The Morgan fingerprint density at radius 1 is 1.06 bits per heavy atom. The normalized spacial score (nSPS) is 10.4. The van der Waals surface area contributed by atoms with Crippen LogP contribution in [0.5, 0.6) is 0 Å². The molecule has 4 heteroatoms. The molecular weight excluding hydrogens is 306 g/mol. The zero-order valence-electron chi connectivity index (χ0n) is 8.28. The molecule has 2 rings (SSSR count). The fourth-order valence-electron chi connectivity index (χ4n) is 1.27. The van der Waals surface area contributed by atoms with E-state index in [4.69, 9.17) is 17.3 Å². The Morgan fingerprint density at radius 2 is 1.81 bits per heavy atom. The van der Waals surface area contributed by atoms with Crippen LogP contribution in [-0.2, 0) is 0 Å². The van der Waals surface area contributed by atoms with E-state index in [0.29, 0.717) is 10.7 Å². The van der Waals surface area contributed by atoms with Crippen molar-refractivity contribution in [1.82, 2.24) is 0 Å². The number of hydrogen-bond donors (Lipinski definition) is 1. The van der Waals surface area contributed by atoms with Crippen molar-refractivity contribution in [2.45, 2.75) is 9.79 Å². The van der Waals surface area contributed by atoms with Crippen molar-refractivity contribution in [3.05, 3.63) is 52.0 Å². The first-order valence-corrected chi connectivity index (χ1v) is 6.63. The number of benzene rings is 2. The molecule has 0 atom stereocenters. The van der Waals surface area contributed by atoms with Gasteiger partial charge in [0.1, 0.15) is 0 Å². The fraction of sp³-hybridized carbons (Fsp3) is 0. The van der Waals surface area contributed by atoms with E-state index in [1.165, 1.54) is 0 Å². The Kier molecular flexibility index (Phi) is 3.79. The van der Waals surface area contributed by atoms with Crippen LogP contribution in [0.15, 0.2) is 56.7 Å². The monoisotopic (exact) mass is 313 g/mol. The summed E-state index contributed by atoms with van der Waals surface area (Å²) >= 11 is 11.2. The highest BCUT2D eigenvalue weighted by atomic mass is 79.9. The highest BCUT2D eigenvalue weighted by molar-refractivity contribution is 9.10. The average molecular weight is 315 g/mol. The Hall–Kier alpha value is -0.640. The van der Waals surface area contributed by atoms with Gasteiger partial charge >= 0.3 is 0 Å². The zero-order valence-corrected chi connectivity index (χ0v) is 11.4. The lowest BCUT2D eigenvalue weighted by atomic mass is 10.3. The van der Waals surface area contributed by atoms with E-state index in [9.17, 15) is 0 Å². The summed E-state index contributed by atoms with van der Waals surface area (Å²) in [6, 6.07) is 13.5. The molecular formula is C12H9BrClNS. The smallest absolute Gasteiger partial charge is 0.0566 e. The van der Waals surface area contributed by atoms with Crippen molar-refractivity contribution in [2.24, 2.45) is 0 Å². The molecule has 0 spiro atoms. The van der Waals surface area contributed by atoms with Gasteiger partial charge in [-0.3, -0.25) is 0 Å². The highest BCUT2D eigenvalue weighted by Crippen LogP contribution is 2.40. The van der Waals surface area contributed by atoms with Gasteiger partial charge < -0.3 is 5.73 Å². The Bertz CT molecular complexity index is 496. The minimum absolute atomic E-state index is 0.681. The van der Waals surface area contributed by atoms with Crippen molar-refractivity contribution in [2.75, 3.05) is 5.73 Å². The SMILES string of the molecule is Nc1cccc(Cl)c1Sc1ccccc1Br. The van der Waals surface area contributed by atoms with Crippen LogP contribution in [0.3, 0.4) is 0 Å². The van der Waals surface area contributed by atoms with Crippen LogP contribution in [0, 0.1) is 0 Å². The molecule has 0 aliphatic rings. The molecule has 1 nitrogen and oxygen atoms in total. The number of hydrogen-bond acceptors (Lipinski definition) is 2. The minimum atomic E-state index is 0.681. The largest absolute Gasteiger partial charge is 0.398 e. The third-order valence-electron chi connectivity index (χ3n) is 2.05. The number of halogens is 2. The summed E-state index contributed by atoms with van der Waals surface area (Å²) in [6.07, 6.45) is 0. The van der Waals surface area contributed by atoms with Crippen LogP contribution in [0.1, 0.15) is 0 Å². The lowest BCUT2D eigenvalue weighted by Crippen LogP contribution is -1.88. The van der Waals surface area contributed by atoms with E-state index in [2.05, 4.69) is 15.9 Å². The first-order chi connectivity index (χ1) is 7.68. The summed E-state index contributed by atoms with van der Waals surface area (Å²) in [5.74, 6) is 0. The second-order valence-corrected chi connectivity index (χ2v) is 5.50. The molecule has 0 aliphatic heterocycles. The van der Waals surface area contributed by atoms with Gasteiger partial charge in [0.05, 0.1) is 9.92 Å². The topological polar surface area (TPSA) is 26.0 Å². The molecule has 0 aromatic heterocycles. The maximum Gasteiger partial charge on any atom is 0.0566 e. The van der Waals surface area contributed by atoms with Crippen LogP contribution in [0.2, 0.25) is 5.02 Å². The van der Waals surface area contributed by atoms with Gasteiger partial charge in [-0.1, -0.05) is 41.6 Å². The highest BCUT2D eigenvalue weighted by Gasteiger charge is 2.08. The van der Waals surface area contributed by atoms with Crippen molar-refractivity contribution in [3.63, 3.8) is 0 Å².